The molecule has 0 unspecified atom stereocenters. The Labute approximate surface area is 157 Å². The van der Waals surface area contributed by atoms with Crippen molar-refractivity contribution in [2.75, 3.05) is 33.4 Å². The zero-order valence-corrected chi connectivity index (χ0v) is 16.6. The highest BCUT2D eigenvalue weighted by atomic mass is 16.5. The number of carbonyl (C=O) groups excluding carboxylic acids is 1. The van der Waals surface area contributed by atoms with Crippen molar-refractivity contribution in [2.24, 2.45) is 23.7 Å². The van der Waals surface area contributed by atoms with Crippen molar-refractivity contribution in [3.63, 3.8) is 0 Å². The highest BCUT2D eigenvalue weighted by molar-refractivity contribution is 5.85. The van der Waals surface area contributed by atoms with Gasteiger partial charge < -0.3 is 9.47 Å². The number of methoxy groups -OCH3 is 1. The normalized spacial score (nSPS) is 29.0. The first-order valence-electron chi connectivity index (χ1n) is 10.0. The highest BCUT2D eigenvalue weighted by Gasteiger charge is 2.44. The molecule has 4 atom stereocenters. The van der Waals surface area contributed by atoms with Gasteiger partial charge in [0.05, 0.1) is 20.3 Å². The fraction of sp³-hybridized carbons (Fsp3) is 0.682. The van der Waals surface area contributed by atoms with E-state index >= 15 is 0 Å². The van der Waals surface area contributed by atoms with E-state index in [4.69, 9.17) is 9.47 Å². The van der Waals surface area contributed by atoms with Gasteiger partial charge in [-0.1, -0.05) is 32.9 Å². The Balaban J connectivity index is 1.99. The number of carbonyl (C=O) groups is 1. The summed E-state index contributed by atoms with van der Waals surface area (Å²) in [5.74, 6) is 2.35. The van der Waals surface area contributed by atoms with E-state index < -0.39 is 0 Å². The van der Waals surface area contributed by atoms with Crippen LogP contribution in [0.15, 0.2) is 24.3 Å². The zero-order valence-electron chi connectivity index (χ0n) is 16.6. The molecule has 0 radical (unpaired) electrons. The number of rotatable bonds is 5. The lowest BCUT2D eigenvalue weighted by atomic mass is 9.66. The number of benzene rings is 1. The Morgan fingerprint density at radius 1 is 1.19 bits per heavy atom. The van der Waals surface area contributed by atoms with Crippen molar-refractivity contribution in [2.45, 2.75) is 39.7 Å². The third-order valence-electron chi connectivity index (χ3n) is 6.26. The third-order valence-corrected chi connectivity index (χ3v) is 6.26. The van der Waals surface area contributed by atoms with Crippen molar-refractivity contribution in [3.8, 4) is 5.75 Å². The summed E-state index contributed by atoms with van der Waals surface area (Å²) in [7, 11) is 1.70. The average molecular weight is 360 g/mol. The van der Waals surface area contributed by atoms with E-state index in [1.54, 1.807) is 7.11 Å². The fourth-order valence-corrected chi connectivity index (χ4v) is 4.75. The lowest BCUT2D eigenvalue weighted by molar-refractivity contribution is -0.137. The minimum Gasteiger partial charge on any atom is -0.497 e. The maximum Gasteiger partial charge on any atom is 0.141 e. The molecule has 3 rings (SSSR count). The van der Waals surface area contributed by atoms with Crippen molar-refractivity contribution in [3.05, 3.63) is 29.8 Å². The second-order valence-electron chi connectivity index (χ2n) is 8.20. The molecule has 1 saturated heterocycles. The van der Waals surface area contributed by atoms with Gasteiger partial charge >= 0.3 is 0 Å². The molecule has 0 bridgehead atoms. The molecule has 1 aliphatic heterocycles. The quantitative estimate of drug-likeness (QED) is 0.798. The molecule has 1 heterocycles. The Kier molecular flexibility index (Phi) is 6.36. The lowest BCUT2D eigenvalue weighted by Crippen LogP contribution is -2.48. The van der Waals surface area contributed by atoms with E-state index in [0.29, 0.717) is 17.6 Å². The topological polar surface area (TPSA) is 38.8 Å². The molecule has 0 aromatic heterocycles. The van der Waals surface area contributed by atoms with Crippen LogP contribution < -0.4 is 4.74 Å². The van der Waals surface area contributed by atoms with Gasteiger partial charge in [0.2, 0.25) is 0 Å². The Morgan fingerprint density at radius 3 is 2.58 bits per heavy atom. The van der Waals surface area contributed by atoms with E-state index in [-0.39, 0.29) is 17.9 Å². The average Bonchev–Trinajstić information content (AvgIpc) is 2.65. The molecule has 4 nitrogen and oxygen atoms in total. The smallest absolute Gasteiger partial charge is 0.141 e. The molecule has 1 aromatic carbocycles. The van der Waals surface area contributed by atoms with Gasteiger partial charge in [0.25, 0.3) is 0 Å². The largest absolute Gasteiger partial charge is 0.497 e. The van der Waals surface area contributed by atoms with Crippen LogP contribution in [-0.2, 0) is 9.53 Å². The summed E-state index contributed by atoms with van der Waals surface area (Å²) in [5, 5.41) is 0. The van der Waals surface area contributed by atoms with Gasteiger partial charge in [-0.3, -0.25) is 9.69 Å². The van der Waals surface area contributed by atoms with Gasteiger partial charge in [-0.15, -0.1) is 0 Å². The number of ketones is 1. The monoisotopic (exact) mass is 359 g/mol. The summed E-state index contributed by atoms with van der Waals surface area (Å²) in [6.45, 7) is 9.87. The van der Waals surface area contributed by atoms with Crippen molar-refractivity contribution >= 4 is 5.78 Å². The van der Waals surface area contributed by atoms with Crippen LogP contribution in [0.1, 0.15) is 45.2 Å². The number of Topliss-reactive ketones (excluding diaryl/α,β-unsaturated/α-hetero) is 1. The first kappa shape index (κ1) is 19.4. The van der Waals surface area contributed by atoms with Crippen LogP contribution in [0.3, 0.4) is 0 Å². The van der Waals surface area contributed by atoms with Crippen molar-refractivity contribution < 1.29 is 14.3 Å². The molecule has 144 valence electrons. The van der Waals surface area contributed by atoms with Crippen LogP contribution in [0.4, 0.5) is 0 Å². The molecule has 26 heavy (non-hydrogen) atoms. The molecular weight excluding hydrogens is 326 g/mol. The van der Waals surface area contributed by atoms with Gasteiger partial charge in [-0.25, -0.2) is 0 Å². The first-order valence-corrected chi connectivity index (χ1v) is 10.0. The van der Waals surface area contributed by atoms with Crippen LogP contribution in [0.2, 0.25) is 0 Å². The molecule has 0 amide bonds. The molecule has 2 fully saturated rings. The minimum absolute atomic E-state index is 0.0429. The van der Waals surface area contributed by atoms with Crippen LogP contribution in [0, 0.1) is 23.7 Å². The molecule has 1 aromatic rings. The van der Waals surface area contributed by atoms with Crippen molar-refractivity contribution in [1.82, 2.24) is 4.90 Å². The summed E-state index contributed by atoms with van der Waals surface area (Å²) in [4.78, 5) is 16.0. The van der Waals surface area contributed by atoms with Gasteiger partial charge in [0, 0.05) is 31.0 Å². The number of ether oxygens (including phenoxy) is 2. The fourth-order valence-electron chi connectivity index (χ4n) is 4.75. The number of hydrogen-bond donors (Lipinski definition) is 0. The van der Waals surface area contributed by atoms with Crippen LogP contribution in [-0.4, -0.2) is 44.1 Å². The van der Waals surface area contributed by atoms with E-state index in [1.165, 1.54) is 5.56 Å². The van der Waals surface area contributed by atoms with Crippen LogP contribution >= 0.6 is 0 Å². The summed E-state index contributed by atoms with van der Waals surface area (Å²) in [6, 6.07) is 8.39. The molecular formula is C22H33NO3. The van der Waals surface area contributed by atoms with Crippen LogP contribution in [0.5, 0.6) is 5.75 Å². The molecule has 2 aliphatic rings. The lowest BCUT2D eigenvalue weighted by Gasteiger charge is -2.45. The predicted molar refractivity (Wildman–Crippen MR) is 103 cm³/mol. The molecule has 1 saturated carbocycles. The third kappa shape index (κ3) is 3.96. The standard InChI is InChI=1S/C22H33NO3/c1-15(2)19-9-8-16(3)20(22(19)24)21(23-10-12-26-13-11-23)17-6-5-7-18(14-17)25-4/h5-7,14-16,19-21H,8-13H2,1-4H3/t16-,19+,20+,21-/m1/s1. The van der Waals surface area contributed by atoms with Crippen molar-refractivity contribution in [1.29, 1.82) is 0 Å². The summed E-state index contributed by atoms with van der Waals surface area (Å²) >= 11 is 0. The second-order valence-corrected chi connectivity index (χ2v) is 8.20. The molecule has 0 spiro atoms. The van der Waals surface area contributed by atoms with Gasteiger partial charge in [0.1, 0.15) is 11.5 Å². The summed E-state index contributed by atoms with van der Waals surface area (Å²) < 4.78 is 11.0. The summed E-state index contributed by atoms with van der Waals surface area (Å²) in [6.07, 6.45) is 2.16. The highest BCUT2D eigenvalue weighted by Crippen LogP contribution is 2.44. The maximum absolute atomic E-state index is 13.5. The number of morpholine rings is 1. The van der Waals surface area contributed by atoms with Gasteiger partial charge in [0.15, 0.2) is 0 Å². The van der Waals surface area contributed by atoms with Crippen LogP contribution in [0.25, 0.3) is 0 Å². The van der Waals surface area contributed by atoms with E-state index in [1.807, 2.05) is 12.1 Å². The zero-order chi connectivity index (χ0) is 18.7. The van der Waals surface area contributed by atoms with E-state index in [0.717, 1.165) is 44.9 Å². The molecule has 0 N–H and O–H groups in total. The Hall–Kier alpha value is -1.39. The van der Waals surface area contributed by atoms with Gasteiger partial charge in [-0.05, 0) is 42.4 Å². The van der Waals surface area contributed by atoms with E-state index in [2.05, 4.69) is 37.8 Å². The number of nitrogens with zero attached hydrogens (tertiary/aromatic N) is 1. The SMILES string of the molecule is COc1cccc([C@H]([C@H]2C(=O)[C@H](C(C)C)CC[C@H]2C)N2CCOCC2)c1. The predicted octanol–water partition coefficient (Wildman–Crippen LogP) is 3.96. The minimum atomic E-state index is 0.0429. The summed E-state index contributed by atoms with van der Waals surface area (Å²) in [5.41, 5.74) is 1.20. The first-order chi connectivity index (χ1) is 12.5. The Morgan fingerprint density at radius 2 is 1.92 bits per heavy atom. The van der Waals surface area contributed by atoms with E-state index in [9.17, 15) is 4.79 Å². The second kappa shape index (κ2) is 8.53. The number of hydrogen-bond acceptors (Lipinski definition) is 4. The molecule has 4 heteroatoms. The Bertz CT molecular complexity index is 609. The van der Waals surface area contributed by atoms with Gasteiger partial charge in [-0.2, -0.15) is 0 Å². The maximum atomic E-state index is 13.5. The molecule has 1 aliphatic carbocycles.